The van der Waals surface area contributed by atoms with Gasteiger partial charge in [0.05, 0.1) is 30.8 Å². The minimum Gasteiger partial charge on any atom is -0.495 e. The maximum Gasteiger partial charge on any atom is 0.229 e. The van der Waals surface area contributed by atoms with Crippen LogP contribution in [0.25, 0.3) is 0 Å². The first-order chi connectivity index (χ1) is 13.9. The van der Waals surface area contributed by atoms with E-state index in [0.29, 0.717) is 22.2 Å². The summed E-state index contributed by atoms with van der Waals surface area (Å²) >= 11 is 6.24. The number of nitrogens with one attached hydrogen (secondary N) is 1. The molecule has 3 rings (SSSR count). The van der Waals surface area contributed by atoms with Gasteiger partial charge in [0.15, 0.2) is 0 Å². The van der Waals surface area contributed by atoms with Crippen molar-refractivity contribution in [1.29, 1.82) is 0 Å². The highest BCUT2D eigenvalue weighted by atomic mass is 35.5. The Bertz CT molecular complexity index is 945. The average molecular weight is 417 g/mol. The molecule has 0 unspecified atom stereocenters. The largest absolute Gasteiger partial charge is 0.495 e. The highest BCUT2D eigenvalue weighted by molar-refractivity contribution is 6.32. The van der Waals surface area contributed by atoms with Gasteiger partial charge >= 0.3 is 0 Å². The lowest BCUT2D eigenvalue weighted by Gasteiger charge is -2.21. The lowest BCUT2D eigenvalue weighted by molar-refractivity contribution is -0.122. The normalized spacial score (nSPS) is 16.1. The molecular formula is C22H25ClN2O4. The third kappa shape index (κ3) is 4.17. The number of methoxy groups -OCH3 is 2. The van der Waals surface area contributed by atoms with Gasteiger partial charge < -0.3 is 19.7 Å². The second kappa shape index (κ2) is 8.74. The number of amides is 2. The quantitative estimate of drug-likeness (QED) is 0.765. The third-order valence-electron chi connectivity index (χ3n) is 5.23. The fourth-order valence-corrected chi connectivity index (χ4v) is 3.83. The molecule has 0 saturated carbocycles. The van der Waals surface area contributed by atoms with Crippen LogP contribution in [0, 0.1) is 12.8 Å². The van der Waals surface area contributed by atoms with Crippen LogP contribution in [0.2, 0.25) is 5.02 Å². The number of carbonyl (C=O) groups excluding carboxylic acids is 2. The Morgan fingerprint density at radius 1 is 1.24 bits per heavy atom. The molecule has 1 saturated heterocycles. The van der Waals surface area contributed by atoms with Crippen LogP contribution < -0.4 is 19.7 Å². The first-order valence-electron chi connectivity index (χ1n) is 9.50. The first kappa shape index (κ1) is 21.0. The molecule has 0 spiro atoms. The maximum absolute atomic E-state index is 12.9. The second-order valence-electron chi connectivity index (χ2n) is 7.02. The Kier molecular flexibility index (Phi) is 6.33. The zero-order valence-corrected chi connectivity index (χ0v) is 17.8. The minimum atomic E-state index is -0.461. The van der Waals surface area contributed by atoms with E-state index in [1.54, 1.807) is 17.0 Å². The summed E-state index contributed by atoms with van der Waals surface area (Å²) in [5, 5.41) is 3.40. The van der Waals surface area contributed by atoms with Gasteiger partial charge in [0, 0.05) is 24.7 Å². The summed E-state index contributed by atoms with van der Waals surface area (Å²) in [6.07, 6.45) is 0.945. The van der Waals surface area contributed by atoms with Gasteiger partial charge in [-0.15, -0.1) is 0 Å². The van der Waals surface area contributed by atoms with E-state index in [9.17, 15) is 9.59 Å². The van der Waals surface area contributed by atoms with Gasteiger partial charge in [0.2, 0.25) is 11.8 Å². The summed E-state index contributed by atoms with van der Waals surface area (Å²) in [7, 11) is 3.03. The molecule has 1 atom stereocenters. The van der Waals surface area contributed by atoms with Gasteiger partial charge in [-0.25, -0.2) is 0 Å². The van der Waals surface area contributed by atoms with Gasteiger partial charge in [0.1, 0.15) is 11.5 Å². The van der Waals surface area contributed by atoms with Crippen molar-refractivity contribution in [2.45, 2.75) is 26.7 Å². The van der Waals surface area contributed by atoms with Crippen LogP contribution in [0.3, 0.4) is 0 Å². The van der Waals surface area contributed by atoms with Crippen LogP contribution >= 0.6 is 11.6 Å². The van der Waals surface area contributed by atoms with E-state index < -0.39 is 5.92 Å². The number of hydrogen-bond donors (Lipinski definition) is 1. The second-order valence-corrected chi connectivity index (χ2v) is 7.42. The molecule has 0 aliphatic carbocycles. The molecule has 1 aliphatic heterocycles. The summed E-state index contributed by atoms with van der Waals surface area (Å²) < 4.78 is 10.6. The third-order valence-corrected chi connectivity index (χ3v) is 5.52. The number of nitrogens with zero attached hydrogens (tertiary/aromatic N) is 1. The van der Waals surface area contributed by atoms with Gasteiger partial charge in [0.25, 0.3) is 0 Å². The number of carbonyl (C=O) groups is 2. The fraction of sp³-hybridized carbons (Fsp3) is 0.364. The predicted octanol–water partition coefficient (Wildman–Crippen LogP) is 4.22. The number of benzene rings is 2. The zero-order chi connectivity index (χ0) is 21.1. The Morgan fingerprint density at radius 2 is 1.97 bits per heavy atom. The van der Waals surface area contributed by atoms with Crippen LogP contribution in [0.1, 0.15) is 24.5 Å². The molecule has 0 radical (unpaired) electrons. The molecule has 2 aromatic carbocycles. The molecule has 1 N–H and O–H groups in total. The summed E-state index contributed by atoms with van der Waals surface area (Å²) in [5.74, 6) is 0.152. The smallest absolute Gasteiger partial charge is 0.229 e. The van der Waals surface area contributed by atoms with E-state index in [2.05, 4.69) is 5.32 Å². The highest BCUT2D eigenvalue weighted by Gasteiger charge is 2.37. The number of hydrogen-bond acceptors (Lipinski definition) is 4. The molecule has 1 heterocycles. The molecular weight excluding hydrogens is 392 g/mol. The summed E-state index contributed by atoms with van der Waals surface area (Å²) in [5.41, 5.74) is 3.44. The monoisotopic (exact) mass is 416 g/mol. The van der Waals surface area contributed by atoms with Crippen LogP contribution in [0.15, 0.2) is 30.3 Å². The van der Waals surface area contributed by atoms with Gasteiger partial charge in [-0.05, 0) is 30.5 Å². The van der Waals surface area contributed by atoms with Crippen molar-refractivity contribution in [1.82, 2.24) is 0 Å². The van der Waals surface area contributed by atoms with Crippen molar-refractivity contribution in [2.75, 3.05) is 31.0 Å². The Morgan fingerprint density at radius 3 is 2.62 bits per heavy atom. The van der Waals surface area contributed by atoms with E-state index in [0.717, 1.165) is 23.2 Å². The van der Waals surface area contributed by atoms with E-state index in [4.69, 9.17) is 21.1 Å². The standard InChI is InChI=1S/C22H25ClN2O4/c1-5-14-8-6-7-13(2)21(14)24-22(27)15-9-20(26)25(12-15)17-10-16(23)18(28-3)11-19(17)29-4/h6-8,10-11,15H,5,9,12H2,1-4H3,(H,24,27)/t15-/m1/s1. The van der Waals surface area contributed by atoms with Crippen LogP contribution in [-0.4, -0.2) is 32.6 Å². The molecule has 2 aromatic rings. The number of halogens is 1. The molecule has 29 heavy (non-hydrogen) atoms. The number of ether oxygens (including phenoxy) is 2. The molecule has 0 aromatic heterocycles. The summed E-state index contributed by atoms with van der Waals surface area (Å²) in [6, 6.07) is 9.21. The lowest BCUT2D eigenvalue weighted by Crippen LogP contribution is -2.28. The van der Waals surface area contributed by atoms with Crippen molar-refractivity contribution in [3.05, 3.63) is 46.5 Å². The molecule has 6 nitrogen and oxygen atoms in total. The van der Waals surface area contributed by atoms with Crippen molar-refractivity contribution in [3.8, 4) is 11.5 Å². The fourth-order valence-electron chi connectivity index (χ4n) is 3.60. The Hall–Kier alpha value is -2.73. The maximum atomic E-state index is 12.9. The van der Waals surface area contributed by atoms with Crippen LogP contribution in [0.4, 0.5) is 11.4 Å². The number of para-hydroxylation sites is 1. The molecule has 7 heteroatoms. The molecule has 154 valence electrons. The topological polar surface area (TPSA) is 67.9 Å². The van der Waals surface area contributed by atoms with Gasteiger partial charge in [-0.3, -0.25) is 9.59 Å². The Balaban J connectivity index is 1.82. The number of aryl methyl sites for hydroxylation is 2. The van der Waals surface area contributed by atoms with Crippen LogP contribution in [-0.2, 0) is 16.0 Å². The molecule has 1 fully saturated rings. The number of rotatable bonds is 6. The predicted molar refractivity (Wildman–Crippen MR) is 114 cm³/mol. The highest BCUT2D eigenvalue weighted by Crippen LogP contribution is 2.40. The lowest BCUT2D eigenvalue weighted by atomic mass is 10.0. The van der Waals surface area contributed by atoms with E-state index in [1.165, 1.54) is 14.2 Å². The number of anilines is 2. The van der Waals surface area contributed by atoms with Gasteiger partial charge in [-0.1, -0.05) is 36.7 Å². The minimum absolute atomic E-state index is 0.131. The van der Waals surface area contributed by atoms with E-state index >= 15 is 0 Å². The molecule has 0 bridgehead atoms. The summed E-state index contributed by atoms with van der Waals surface area (Å²) in [4.78, 5) is 27.1. The van der Waals surface area contributed by atoms with Crippen molar-refractivity contribution in [3.63, 3.8) is 0 Å². The average Bonchev–Trinajstić information content (AvgIpc) is 3.10. The van der Waals surface area contributed by atoms with Crippen molar-refractivity contribution >= 4 is 34.8 Å². The first-order valence-corrected chi connectivity index (χ1v) is 9.88. The van der Waals surface area contributed by atoms with E-state index in [-0.39, 0.29) is 24.8 Å². The molecule has 1 aliphatic rings. The zero-order valence-electron chi connectivity index (χ0n) is 17.0. The van der Waals surface area contributed by atoms with Crippen LogP contribution in [0.5, 0.6) is 11.5 Å². The van der Waals surface area contributed by atoms with Crippen molar-refractivity contribution in [2.24, 2.45) is 5.92 Å². The van der Waals surface area contributed by atoms with E-state index in [1.807, 2.05) is 32.0 Å². The molecule has 2 amide bonds. The summed E-state index contributed by atoms with van der Waals surface area (Å²) in [6.45, 7) is 4.27. The van der Waals surface area contributed by atoms with Gasteiger partial charge in [-0.2, -0.15) is 0 Å². The SMILES string of the molecule is CCc1cccc(C)c1NC(=O)[C@@H]1CC(=O)N(c2cc(Cl)c(OC)cc2OC)C1. The van der Waals surface area contributed by atoms with Crippen molar-refractivity contribution < 1.29 is 19.1 Å². The Labute approximate surface area is 175 Å².